The minimum atomic E-state index is -0.183. The summed E-state index contributed by atoms with van der Waals surface area (Å²) < 4.78 is 11.2. The van der Waals surface area contributed by atoms with Crippen LogP contribution in [-0.2, 0) is 6.61 Å². The monoisotopic (exact) mass is 372 g/mol. The second-order valence-electron chi connectivity index (χ2n) is 5.23. The van der Waals surface area contributed by atoms with Crippen molar-refractivity contribution >= 4 is 35.1 Å². The lowest BCUT2D eigenvalue weighted by atomic mass is 10.1. The molecule has 0 radical (unpaired) electrons. The molecule has 1 heterocycles. The van der Waals surface area contributed by atoms with Gasteiger partial charge in [-0.2, -0.15) is 0 Å². The number of benzene rings is 2. The lowest BCUT2D eigenvalue weighted by Gasteiger charge is -2.02. The van der Waals surface area contributed by atoms with E-state index >= 15 is 0 Å². The number of hydrogen-bond donors (Lipinski definition) is 0. The maximum Gasteiger partial charge on any atom is 0.186 e. The van der Waals surface area contributed by atoms with Crippen LogP contribution in [0.15, 0.2) is 71.2 Å². The Morgan fingerprint density at radius 3 is 2.56 bits per heavy atom. The first-order chi connectivity index (χ1) is 12.1. The fourth-order valence-electron chi connectivity index (χ4n) is 2.14. The molecule has 2 aromatic carbocycles. The first-order valence-electron chi connectivity index (χ1n) is 7.56. The van der Waals surface area contributed by atoms with E-state index in [9.17, 15) is 4.79 Å². The number of carbonyl (C=O) groups is 1. The van der Waals surface area contributed by atoms with Gasteiger partial charge < -0.3 is 9.15 Å². The van der Waals surface area contributed by atoms with Gasteiger partial charge in [-0.1, -0.05) is 41.4 Å². The van der Waals surface area contributed by atoms with Crippen LogP contribution in [0.5, 0.6) is 5.75 Å². The summed E-state index contributed by atoms with van der Waals surface area (Å²) in [5, 5.41) is 0.760. The number of ether oxygens (including phenoxy) is 1. The number of rotatable bonds is 6. The molecule has 0 aliphatic rings. The van der Waals surface area contributed by atoms with Gasteiger partial charge in [0.1, 0.15) is 23.9 Å². The number of ketones is 1. The smallest absolute Gasteiger partial charge is 0.186 e. The summed E-state index contributed by atoms with van der Waals surface area (Å²) >= 11 is 11.8. The Morgan fingerprint density at radius 1 is 1.00 bits per heavy atom. The van der Waals surface area contributed by atoms with E-state index in [0.717, 1.165) is 5.75 Å². The van der Waals surface area contributed by atoms with Crippen molar-refractivity contribution in [3.05, 3.63) is 93.9 Å². The number of hydrogen-bond acceptors (Lipinski definition) is 3. The van der Waals surface area contributed by atoms with Crippen LogP contribution in [0.1, 0.15) is 21.9 Å². The zero-order valence-corrected chi connectivity index (χ0v) is 14.6. The maximum atomic E-state index is 12.1. The molecule has 0 unspecified atom stereocenters. The van der Waals surface area contributed by atoms with E-state index in [1.54, 1.807) is 24.3 Å². The highest BCUT2D eigenvalue weighted by molar-refractivity contribution is 6.42. The Hall–Kier alpha value is -2.49. The molecular weight excluding hydrogens is 359 g/mol. The van der Waals surface area contributed by atoms with Crippen LogP contribution in [0.3, 0.4) is 0 Å². The lowest BCUT2D eigenvalue weighted by Crippen LogP contribution is -1.94. The third-order valence-corrected chi connectivity index (χ3v) is 4.15. The number of furan rings is 1. The second-order valence-corrected chi connectivity index (χ2v) is 6.05. The van der Waals surface area contributed by atoms with Gasteiger partial charge >= 0.3 is 0 Å². The molecule has 0 spiro atoms. The van der Waals surface area contributed by atoms with Crippen molar-refractivity contribution in [3.63, 3.8) is 0 Å². The van der Waals surface area contributed by atoms with Crippen LogP contribution in [-0.4, -0.2) is 5.78 Å². The molecular formula is C20H14Cl2O3. The summed E-state index contributed by atoms with van der Waals surface area (Å²) in [7, 11) is 0. The van der Waals surface area contributed by atoms with Gasteiger partial charge in [0.2, 0.25) is 0 Å². The molecule has 25 heavy (non-hydrogen) atoms. The van der Waals surface area contributed by atoms with E-state index in [1.807, 2.05) is 36.4 Å². The van der Waals surface area contributed by atoms with E-state index < -0.39 is 0 Å². The average Bonchev–Trinajstić information content (AvgIpc) is 3.09. The molecule has 0 aliphatic carbocycles. The largest absolute Gasteiger partial charge is 0.486 e. The molecule has 3 rings (SSSR count). The molecule has 5 heteroatoms. The van der Waals surface area contributed by atoms with E-state index in [4.69, 9.17) is 32.4 Å². The Kier molecular flexibility index (Phi) is 5.59. The van der Waals surface area contributed by atoms with Crippen LogP contribution in [0.25, 0.3) is 6.08 Å². The quantitative estimate of drug-likeness (QED) is 0.389. The molecule has 0 fully saturated rings. The molecule has 3 nitrogen and oxygen atoms in total. The lowest BCUT2D eigenvalue weighted by molar-refractivity contribution is 0.104. The number of allylic oxidation sites excluding steroid dienone is 1. The highest BCUT2D eigenvalue weighted by Crippen LogP contribution is 2.23. The third kappa shape index (κ3) is 4.75. The van der Waals surface area contributed by atoms with E-state index in [-0.39, 0.29) is 5.78 Å². The highest BCUT2D eigenvalue weighted by atomic mass is 35.5. The molecule has 3 aromatic rings. The molecule has 126 valence electrons. The van der Waals surface area contributed by atoms with Crippen LogP contribution < -0.4 is 4.74 Å². The molecule has 0 N–H and O–H groups in total. The molecule has 0 bridgehead atoms. The third-order valence-electron chi connectivity index (χ3n) is 3.41. The average molecular weight is 373 g/mol. The van der Waals surface area contributed by atoms with Crippen molar-refractivity contribution in [2.75, 3.05) is 0 Å². The standard InChI is InChI=1S/C20H14Cl2O3/c21-18-10-6-14(12-19(18)22)20(23)11-9-16-7-8-17(25-16)13-24-15-4-2-1-3-5-15/h1-12H,13H2/b11-9+. The summed E-state index contributed by atoms with van der Waals surface area (Å²) in [5.74, 6) is 1.83. The summed E-state index contributed by atoms with van der Waals surface area (Å²) in [6.45, 7) is 0.318. The Labute approximate surface area is 155 Å². The molecule has 0 aliphatic heterocycles. The summed E-state index contributed by atoms with van der Waals surface area (Å²) in [4.78, 5) is 12.1. The minimum Gasteiger partial charge on any atom is -0.486 e. The first kappa shape index (κ1) is 17.3. The molecule has 0 saturated heterocycles. The minimum absolute atomic E-state index is 0.183. The van der Waals surface area contributed by atoms with Crippen molar-refractivity contribution in [1.29, 1.82) is 0 Å². The maximum absolute atomic E-state index is 12.1. The zero-order chi connectivity index (χ0) is 17.6. The van der Waals surface area contributed by atoms with Crippen LogP contribution in [0.4, 0.5) is 0 Å². The van der Waals surface area contributed by atoms with E-state index in [0.29, 0.717) is 33.7 Å². The normalized spacial score (nSPS) is 11.0. The van der Waals surface area contributed by atoms with Crippen molar-refractivity contribution in [2.24, 2.45) is 0 Å². The van der Waals surface area contributed by atoms with Crippen LogP contribution in [0, 0.1) is 0 Å². The fourth-order valence-corrected chi connectivity index (χ4v) is 2.43. The summed E-state index contributed by atoms with van der Waals surface area (Å²) in [6.07, 6.45) is 3.04. The number of halogens is 2. The summed E-state index contributed by atoms with van der Waals surface area (Å²) in [6, 6.07) is 17.8. The molecule has 0 atom stereocenters. The molecule has 0 saturated carbocycles. The molecule has 1 aromatic heterocycles. The first-order valence-corrected chi connectivity index (χ1v) is 8.31. The van der Waals surface area contributed by atoms with Gasteiger partial charge in [0.15, 0.2) is 5.78 Å². The predicted molar refractivity (Wildman–Crippen MR) is 99.3 cm³/mol. The number of carbonyl (C=O) groups excluding carboxylic acids is 1. The Balaban J connectivity index is 1.61. The Morgan fingerprint density at radius 2 is 1.80 bits per heavy atom. The van der Waals surface area contributed by atoms with E-state index in [2.05, 4.69) is 0 Å². The van der Waals surface area contributed by atoms with Crippen LogP contribution >= 0.6 is 23.2 Å². The summed E-state index contributed by atoms with van der Waals surface area (Å²) in [5.41, 5.74) is 0.463. The fraction of sp³-hybridized carbons (Fsp3) is 0.0500. The van der Waals surface area contributed by atoms with Crippen molar-refractivity contribution in [3.8, 4) is 5.75 Å². The van der Waals surface area contributed by atoms with Gasteiger partial charge in [0, 0.05) is 5.56 Å². The van der Waals surface area contributed by atoms with Crippen molar-refractivity contribution in [2.45, 2.75) is 6.61 Å². The number of para-hydroxylation sites is 1. The van der Waals surface area contributed by atoms with Gasteiger partial charge in [-0.25, -0.2) is 0 Å². The van der Waals surface area contributed by atoms with Gasteiger partial charge in [0.25, 0.3) is 0 Å². The SMILES string of the molecule is O=C(/C=C/c1ccc(COc2ccccc2)o1)c1ccc(Cl)c(Cl)c1. The zero-order valence-electron chi connectivity index (χ0n) is 13.1. The van der Waals surface area contributed by atoms with Gasteiger partial charge in [-0.05, 0) is 54.6 Å². The highest BCUT2D eigenvalue weighted by Gasteiger charge is 2.06. The van der Waals surface area contributed by atoms with Gasteiger partial charge in [0.05, 0.1) is 10.0 Å². The second kappa shape index (κ2) is 8.06. The van der Waals surface area contributed by atoms with E-state index in [1.165, 1.54) is 12.1 Å². The molecule has 0 amide bonds. The van der Waals surface area contributed by atoms with Crippen molar-refractivity contribution in [1.82, 2.24) is 0 Å². The van der Waals surface area contributed by atoms with Gasteiger partial charge in [-0.3, -0.25) is 4.79 Å². The predicted octanol–water partition coefficient (Wildman–Crippen LogP) is 6.06. The topological polar surface area (TPSA) is 39.4 Å². The van der Waals surface area contributed by atoms with Crippen LogP contribution in [0.2, 0.25) is 10.0 Å². The Bertz CT molecular complexity index is 898. The van der Waals surface area contributed by atoms with Crippen molar-refractivity contribution < 1.29 is 13.9 Å². The van der Waals surface area contributed by atoms with Gasteiger partial charge in [-0.15, -0.1) is 0 Å².